The van der Waals surface area contributed by atoms with Gasteiger partial charge in [0.15, 0.2) is 5.16 Å². The van der Waals surface area contributed by atoms with Crippen molar-refractivity contribution in [3.05, 3.63) is 107 Å². The predicted molar refractivity (Wildman–Crippen MR) is 161 cm³/mol. The fraction of sp³-hybridized carbons (Fsp3) is 0.129. The van der Waals surface area contributed by atoms with Crippen molar-refractivity contribution in [3.63, 3.8) is 0 Å². The van der Waals surface area contributed by atoms with Crippen LogP contribution in [-0.4, -0.2) is 35.7 Å². The van der Waals surface area contributed by atoms with Crippen LogP contribution in [0.25, 0.3) is 38.6 Å². The summed E-state index contributed by atoms with van der Waals surface area (Å²) in [5.74, 6) is 1.11. The highest BCUT2D eigenvalue weighted by molar-refractivity contribution is 7.98. The van der Waals surface area contributed by atoms with Crippen molar-refractivity contribution in [2.45, 2.75) is 24.5 Å². The van der Waals surface area contributed by atoms with Crippen LogP contribution in [0.2, 0.25) is 0 Å². The summed E-state index contributed by atoms with van der Waals surface area (Å²) in [7, 11) is 0. The van der Waals surface area contributed by atoms with Crippen LogP contribution in [-0.2, 0) is 0 Å². The zero-order chi connectivity index (χ0) is 28.3. The van der Waals surface area contributed by atoms with Crippen molar-refractivity contribution in [1.29, 1.82) is 5.26 Å². The highest BCUT2D eigenvalue weighted by atomic mass is 32.2. The van der Waals surface area contributed by atoms with Gasteiger partial charge in [0.1, 0.15) is 18.0 Å². The Bertz CT molecular complexity index is 1990. The number of fused-ring (bicyclic) bond motifs is 2. The number of aromatic nitrogens is 6. The molecule has 3 heterocycles. The molecule has 0 spiro atoms. The molecule has 6 aromatic rings. The molecule has 0 bridgehead atoms. The van der Waals surface area contributed by atoms with E-state index in [4.69, 9.17) is 4.98 Å². The van der Waals surface area contributed by atoms with Gasteiger partial charge in [0, 0.05) is 23.3 Å². The Kier molecular flexibility index (Phi) is 7.10. The van der Waals surface area contributed by atoms with E-state index < -0.39 is 0 Å². The van der Waals surface area contributed by atoms with Crippen LogP contribution < -0.4 is 10.9 Å². The van der Waals surface area contributed by atoms with Crippen molar-refractivity contribution in [2.75, 3.05) is 11.6 Å². The van der Waals surface area contributed by atoms with Gasteiger partial charge < -0.3 is 5.32 Å². The van der Waals surface area contributed by atoms with E-state index in [1.165, 1.54) is 18.1 Å². The van der Waals surface area contributed by atoms with Crippen molar-refractivity contribution < 1.29 is 0 Å². The van der Waals surface area contributed by atoms with Crippen LogP contribution in [0.3, 0.4) is 0 Å². The third kappa shape index (κ3) is 4.88. The molecule has 41 heavy (non-hydrogen) atoms. The number of hydrogen-bond acceptors (Lipinski definition) is 9. The van der Waals surface area contributed by atoms with Crippen LogP contribution in [0.5, 0.6) is 0 Å². The second-order valence-corrected chi connectivity index (χ2v) is 10.0. The van der Waals surface area contributed by atoms with E-state index in [9.17, 15) is 10.1 Å². The normalized spacial score (nSPS) is 11.8. The molecular formula is C31H24N8OS. The lowest BCUT2D eigenvalue weighted by molar-refractivity contribution is 0.659. The molecule has 0 fully saturated rings. The van der Waals surface area contributed by atoms with Gasteiger partial charge in [-0.25, -0.2) is 24.9 Å². The second kappa shape index (κ2) is 11.2. The van der Waals surface area contributed by atoms with E-state index in [-0.39, 0.29) is 11.6 Å². The first-order valence-electron chi connectivity index (χ1n) is 13.0. The molecule has 10 heteroatoms. The zero-order valence-electron chi connectivity index (χ0n) is 22.3. The molecule has 0 amide bonds. The summed E-state index contributed by atoms with van der Waals surface area (Å²) < 4.78 is 1.66. The van der Waals surface area contributed by atoms with Crippen LogP contribution in [0, 0.1) is 11.3 Å². The second-order valence-electron chi connectivity index (χ2n) is 9.28. The zero-order valence-corrected chi connectivity index (χ0v) is 23.1. The monoisotopic (exact) mass is 556 g/mol. The topological polar surface area (TPSA) is 122 Å². The summed E-state index contributed by atoms with van der Waals surface area (Å²) in [6.45, 7) is 2.02. The molecule has 9 nitrogen and oxygen atoms in total. The molecule has 0 radical (unpaired) electrons. The maximum atomic E-state index is 14.4. The lowest BCUT2D eigenvalue weighted by Gasteiger charge is -2.23. The lowest BCUT2D eigenvalue weighted by Crippen LogP contribution is -2.28. The van der Waals surface area contributed by atoms with E-state index in [0.717, 1.165) is 16.5 Å². The molecule has 0 aliphatic carbocycles. The first kappa shape index (κ1) is 26.1. The Hall–Kier alpha value is -5.14. The van der Waals surface area contributed by atoms with Gasteiger partial charge in [-0.05, 0) is 54.6 Å². The largest absolute Gasteiger partial charge is 0.359 e. The van der Waals surface area contributed by atoms with Gasteiger partial charge in [-0.2, -0.15) is 5.26 Å². The number of hydrogen-bond donors (Lipinski definition) is 1. The smallest absolute Gasteiger partial charge is 0.266 e. The van der Waals surface area contributed by atoms with E-state index in [1.807, 2.05) is 61.7 Å². The van der Waals surface area contributed by atoms with Gasteiger partial charge in [-0.3, -0.25) is 9.36 Å². The number of nitriles is 1. The summed E-state index contributed by atoms with van der Waals surface area (Å²) in [6, 6.07) is 22.2. The average molecular weight is 557 g/mol. The fourth-order valence-corrected chi connectivity index (χ4v) is 5.18. The van der Waals surface area contributed by atoms with Crippen LogP contribution in [0.15, 0.2) is 95.4 Å². The summed E-state index contributed by atoms with van der Waals surface area (Å²) in [6.07, 6.45) is 7.48. The van der Waals surface area contributed by atoms with E-state index >= 15 is 0 Å². The average Bonchev–Trinajstić information content (AvgIpc) is 3.03. The number of thioether (sulfide) groups is 1. The molecule has 1 N–H and O–H groups in total. The van der Waals surface area contributed by atoms with Gasteiger partial charge in [-0.15, -0.1) is 0 Å². The van der Waals surface area contributed by atoms with Crippen LogP contribution in [0.4, 0.5) is 5.82 Å². The number of benzene rings is 3. The van der Waals surface area contributed by atoms with Gasteiger partial charge in [0.05, 0.1) is 39.8 Å². The molecule has 0 unspecified atom stereocenters. The maximum Gasteiger partial charge on any atom is 0.266 e. The van der Waals surface area contributed by atoms with Crippen molar-refractivity contribution in [3.8, 4) is 22.9 Å². The number of nitrogens with zero attached hydrogens (tertiary/aromatic N) is 7. The summed E-state index contributed by atoms with van der Waals surface area (Å²) >= 11 is 1.46. The molecule has 1 atom stereocenters. The molecule has 3 aromatic heterocycles. The molecular weight excluding hydrogens is 532 g/mol. The minimum Gasteiger partial charge on any atom is -0.359 e. The minimum atomic E-state index is -0.385. The van der Waals surface area contributed by atoms with E-state index in [2.05, 4.69) is 31.3 Å². The molecule has 0 aliphatic rings. The molecule has 0 saturated carbocycles. The Labute approximate surface area is 240 Å². The number of rotatable bonds is 7. The molecule has 200 valence electrons. The van der Waals surface area contributed by atoms with Gasteiger partial charge in [0.25, 0.3) is 5.56 Å². The highest BCUT2D eigenvalue weighted by Crippen LogP contribution is 2.30. The van der Waals surface area contributed by atoms with Crippen molar-refractivity contribution in [2.24, 2.45) is 0 Å². The van der Waals surface area contributed by atoms with Crippen LogP contribution in [0.1, 0.15) is 30.8 Å². The van der Waals surface area contributed by atoms with Crippen LogP contribution >= 0.6 is 11.8 Å². The number of anilines is 1. The lowest BCUT2D eigenvalue weighted by atomic mass is 10.0. The quantitative estimate of drug-likeness (QED) is 0.188. The SMILES string of the molecule is CC[C@H](Nc1ncnc2ccc(C#N)cc12)c1nc2cccc(-c3cnc(SC)nc3)c2c(=O)n1-c1ccccc1. The van der Waals surface area contributed by atoms with Gasteiger partial charge in [-0.1, -0.05) is 49.0 Å². The molecule has 0 aliphatic heterocycles. The standard InChI is InChI=1S/C31H24N8OS/c1-3-24(37-28-23-14-19(15-32)12-13-25(23)35-18-36-28)29-38-26-11-7-10-22(20-16-33-31(41-2)34-17-20)27(26)30(40)39(29)21-8-5-4-6-9-21/h4-14,16-18,24H,3H2,1-2H3,(H,35,36,37)/t24-/m0/s1. The van der Waals surface area contributed by atoms with E-state index in [1.54, 1.807) is 35.2 Å². The molecule has 6 rings (SSSR count). The minimum absolute atomic E-state index is 0.194. The summed E-state index contributed by atoms with van der Waals surface area (Å²) in [4.78, 5) is 37.2. The maximum absolute atomic E-state index is 14.4. The molecule has 0 saturated heterocycles. The van der Waals surface area contributed by atoms with Gasteiger partial charge in [0.2, 0.25) is 0 Å². The third-order valence-corrected chi connectivity index (χ3v) is 7.43. The predicted octanol–water partition coefficient (Wildman–Crippen LogP) is 5.94. The Morgan fingerprint density at radius 2 is 1.78 bits per heavy atom. The van der Waals surface area contributed by atoms with E-state index in [0.29, 0.717) is 50.9 Å². The first-order valence-corrected chi connectivity index (χ1v) is 14.2. The number of nitrogens with one attached hydrogen (secondary N) is 1. The fourth-order valence-electron chi connectivity index (χ4n) is 4.86. The Morgan fingerprint density at radius 1 is 0.976 bits per heavy atom. The first-order chi connectivity index (χ1) is 20.1. The summed E-state index contributed by atoms with van der Waals surface area (Å²) in [5.41, 5.74) is 3.76. The third-order valence-electron chi connectivity index (χ3n) is 6.85. The molecule has 3 aromatic carbocycles. The Balaban J connectivity index is 1.56. The summed E-state index contributed by atoms with van der Waals surface area (Å²) in [5, 5.41) is 14.8. The van der Waals surface area contributed by atoms with Gasteiger partial charge >= 0.3 is 0 Å². The van der Waals surface area contributed by atoms with Crippen molar-refractivity contribution in [1.82, 2.24) is 29.5 Å². The van der Waals surface area contributed by atoms with Crippen molar-refractivity contribution >= 4 is 39.4 Å². The Morgan fingerprint density at radius 3 is 2.51 bits per heavy atom. The number of para-hydroxylation sites is 1. The highest BCUT2D eigenvalue weighted by Gasteiger charge is 2.23.